The van der Waals surface area contributed by atoms with Gasteiger partial charge in [0.15, 0.2) is 0 Å². The van der Waals surface area contributed by atoms with Crippen LogP contribution in [-0.4, -0.2) is 12.5 Å². The zero-order valence-corrected chi connectivity index (χ0v) is 14.2. The maximum absolute atomic E-state index is 12.3. The number of benzene rings is 2. The van der Waals surface area contributed by atoms with E-state index < -0.39 is 5.91 Å². The Hall–Kier alpha value is -3.22. The summed E-state index contributed by atoms with van der Waals surface area (Å²) in [6.07, 6.45) is 1.63. The van der Waals surface area contributed by atoms with E-state index in [0.29, 0.717) is 18.7 Å². The number of carbonyl (C=O) groups excluding carboxylic acids is 1. The third kappa shape index (κ3) is 5.72. The molecule has 0 heterocycles. The van der Waals surface area contributed by atoms with E-state index >= 15 is 0 Å². The van der Waals surface area contributed by atoms with Crippen LogP contribution in [0.4, 0.5) is 5.69 Å². The van der Waals surface area contributed by atoms with Crippen molar-refractivity contribution < 1.29 is 4.79 Å². The van der Waals surface area contributed by atoms with Crippen molar-refractivity contribution in [3.8, 4) is 12.1 Å². The van der Waals surface area contributed by atoms with Crippen LogP contribution in [0.3, 0.4) is 0 Å². The molecule has 6 heteroatoms. The number of rotatable bonds is 7. The normalized spacial score (nSPS) is 10.4. The van der Waals surface area contributed by atoms with Gasteiger partial charge in [-0.15, -0.1) is 0 Å². The fourth-order valence-corrected chi connectivity index (χ4v) is 2.84. The van der Waals surface area contributed by atoms with Gasteiger partial charge in [-0.1, -0.05) is 42.1 Å². The number of anilines is 1. The molecule has 5 nitrogen and oxygen atoms in total. The third-order valence-corrected chi connectivity index (χ3v) is 4.18. The molecule has 0 radical (unpaired) electrons. The summed E-state index contributed by atoms with van der Waals surface area (Å²) in [5.74, 6) is -0.493. The highest BCUT2D eigenvalue weighted by atomic mass is 32.2. The Morgan fingerprint density at radius 2 is 1.80 bits per heavy atom. The predicted molar refractivity (Wildman–Crippen MR) is 97.6 cm³/mol. The van der Waals surface area contributed by atoms with Gasteiger partial charge in [0.05, 0.1) is 18.2 Å². The van der Waals surface area contributed by atoms with E-state index in [0.717, 1.165) is 9.79 Å². The Balaban J connectivity index is 2.10. The lowest BCUT2D eigenvalue weighted by molar-refractivity contribution is -0.112. The fourth-order valence-electron chi connectivity index (χ4n) is 1.91. The molecular formula is C19H16N4OS. The quantitative estimate of drug-likeness (QED) is 0.452. The number of hydrogen-bond acceptors (Lipinski definition) is 5. The topological polar surface area (TPSA) is 88.7 Å². The van der Waals surface area contributed by atoms with Crippen molar-refractivity contribution in [3.05, 3.63) is 66.4 Å². The lowest BCUT2D eigenvalue weighted by atomic mass is 10.2. The summed E-state index contributed by atoms with van der Waals surface area (Å²) in [7, 11) is 0. The van der Waals surface area contributed by atoms with Gasteiger partial charge in [-0.05, 0) is 24.3 Å². The summed E-state index contributed by atoms with van der Waals surface area (Å²) >= 11 is 1.53. The van der Waals surface area contributed by atoms with Gasteiger partial charge in [0, 0.05) is 22.5 Å². The summed E-state index contributed by atoms with van der Waals surface area (Å²) in [6.45, 7) is 0.384. The standard InChI is InChI=1S/C19H16N4OS/c20-11-6-12-22-14-15(13-21)19(24)23-17-9-4-5-10-18(17)25-16-7-2-1-3-8-16/h1-5,7-10,14,22H,6,12H2,(H,23,24)/b15-14-. The van der Waals surface area contributed by atoms with Crippen molar-refractivity contribution in [1.82, 2.24) is 5.32 Å². The lowest BCUT2D eigenvalue weighted by Gasteiger charge is -2.10. The number of carbonyl (C=O) groups is 1. The minimum absolute atomic E-state index is 0.0440. The number of amides is 1. The predicted octanol–water partition coefficient (Wildman–Crippen LogP) is 3.69. The molecule has 2 N–H and O–H groups in total. The molecule has 25 heavy (non-hydrogen) atoms. The Morgan fingerprint density at radius 3 is 2.52 bits per heavy atom. The molecule has 0 aliphatic rings. The zero-order chi connectivity index (χ0) is 17.9. The molecule has 2 aromatic carbocycles. The average molecular weight is 348 g/mol. The second-order valence-corrected chi connectivity index (χ2v) is 6.01. The Bertz CT molecular complexity index is 834. The maximum Gasteiger partial charge on any atom is 0.267 e. The summed E-state index contributed by atoms with van der Waals surface area (Å²) in [5, 5.41) is 23.2. The third-order valence-electron chi connectivity index (χ3n) is 3.10. The van der Waals surface area contributed by atoms with Gasteiger partial charge in [-0.2, -0.15) is 10.5 Å². The monoisotopic (exact) mass is 348 g/mol. The molecule has 0 aliphatic heterocycles. The van der Waals surface area contributed by atoms with Gasteiger partial charge in [-0.25, -0.2) is 0 Å². The van der Waals surface area contributed by atoms with Gasteiger partial charge in [-0.3, -0.25) is 4.79 Å². The fraction of sp³-hybridized carbons (Fsp3) is 0.105. The van der Waals surface area contributed by atoms with Gasteiger partial charge >= 0.3 is 0 Å². The Labute approximate surface area is 151 Å². The van der Waals surface area contributed by atoms with Crippen LogP contribution < -0.4 is 10.6 Å². The molecule has 0 unspecified atom stereocenters. The number of para-hydroxylation sites is 1. The highest BCUT2D eigenvalue weighted by Crippen LogP contribution is 2.33. The van der Waals surface area contributed by atoms with Crippen molar-refractivity contribution in [2.45, 2.75) is 16.2 Å². The minimum Gasteiger partial charge on any atom is -0.389 e. The van der Waals surface area contributed by atoms with Gasteiger partial charge < -0.3 is 10.6 Å². The molecule has 0 fully saturated rings. The SMILES string of the molecule is N#CCCN/C=C(/C#N)C(=O)Nc1ccccc1Sc1ccccc1. The second kappa shape index (κ2) is 9.82. The highest BCUT2D eigenvalue weighted by Gasteiger charge is 2.12. The number of nitrogens with one attached hydrogen (secondary N) is 2. The lowest BCUT2D eigenvalue weighted by Crippen LogP contribution is -2.17. The van der Waals surface area contributed by atoms with Crippen molar-refractivity contribution in [2.24, 2.45) is 0 Å². The molecule has 2 rings (SSSR count). The largest absolute Gasteiger partial charge is 0.389 e. The summed E-state index contributed by atoms with van der Waals surface area (Å²) in [6, 6.07) is 21.1. The van der Waals surface area contributed by atoms with Crippen LogP contribution in [-0.2, 0) is 4.79 Å². The summed E-state index contributed by atoms with van der Waals surface area (Å²) < 4.78 is 0. The van der Waals surface area contributed by atoms with Crippen LogP contribution in [0.15, 0.2) is 76.2 Å². The molecule has 124 valence electrons. The van der Waals surface area contributed by atoms with Crippen molar-refractivity contribution in [2.75, 3.05) is 11.9 Å². The molecule has 0 spiro atoms. The van der Waals surface area contributed by atoms with Crippen LogP contribution in [0, 0.1) is 22.7 Å². The molecule has 2 aromatic rings. The number of hydrogen-bond donors (Lipinski definition) is 2. The van der Waals surface area contributed by atoms with Gasteiger partial charge in [0.2, 0.25) is 0 Å². The van der Waals surface area contributed by atoms with E-state index in [1.807, 2.05) is 60.7 Å². The Morgan fingerprint density at radius 1 is 1.08 bits per heavy atom. The van der Waals surface area contributed by atoms with Crippen molar-refractivity contribution in [1.29, 1.82) is 10.5 Å². The zero-order valence-electron chi connectivity index (χ0n) is 13.4. The van der Waals surface area contributed by atoms with Crippen LogP contribution in [0.25, 0.3) is 0 Å². The first-order valence-corrected chi connectivity index (χ1v) is 8.40. The molecule has 0 saturated carbocycles. The molecule has 0 bridgehead atoms. The minimum atomic E-state index is -0.493. The van der Waals surface area contributed by atoms with Gasteiger partial charge in [0.1, 0.15) is 11.6 Å². The molecule has 0 saturated heterocycles. The molecule has 0 atom stereocenters. The first-order chi connectivity index (χ1) is 12.2. The molecule has 1 amide bonds. The summed E-state index contributed by atoms with van der Waals surface area (Å²) in [4.78, 5) is 14.2. The molecular weight excluding hydrogens is 332 g/mol. The second-order valence-electron chi connectivity index (χ2n) is 4.90. The van der Waals surface area contributed by atoms with E-state index in [9.17, 15) is 4.79 Å². The van der Waals surface area contributed by atoms with Crippen molar-refractivity contribution in [3.63, 3.8) is 0 Å². The van der Waals surface area contributed by atoms with Crippen LogP contribution in [0.2, 0.25) is 0 Å². The number of nitrogens with zero attached hydrogens (tertiary/aromatic N) is 2. The van der Waals surface area contributed by atoms with E-state index in [2.05, 4.69) is 10.6 Å². The van der Waals surface area contributed by atoms with Crippen LogP contribution in [0.5, 0.6) is 0 Å². The molecule has 0 aromatic heterocycles. The van der Waals surface area contributed by atoms with Gasteiger partial charge in [0.25, 0.3) is 5.91 Å². The van der Waals surface area contributed by atoms with E-state index in [4.69, 9.17) is 10.5 Å². The maximum atomic E-state index is 12.3. The highest BCUT2D eigenvalue weighted by molar-refractivity contribution is 7.99. The Kier molecular flexibility index (Phi) is 7.12. The molecule has 0 aliphatic carbocycles. The van der Waals surface area contributed by atoms with E-state index in [1.165, 1.54) is 18.0 Å². The van der Waals surface area contributed by atoms with Crippen LogP contribution >= 0.6 is 11.8 Å². The van der Waals surface area contributed by atoms with Crippen molar-refractivity contribution >= 4 is 23.4 Å². The average Bonchev–Trinajstić information content (AvgIpc) is 2.64. The summed E-state index contributed by atoms with van der Waals surface area (Å²) in [5.41, 5.74) is 0.594. The van der Waals surface area contributed by atoms with E-state index in [-0.39, 0.29) is 5.57 Å². The van der Waals surface area contributed by atoms with E-state index in [1.54, 1.807) is 6.07 Å². The van der Waals surface area contributed by atoms with Crippen LogP contribution in [0.1, 0.15) is 6.42 Å². The first-order valence-electron chi connectivity index (χ1n) is 7.58. The number of nitriles is 2. The first kappa shape index (κ1) is 18.1. The smallest absolute Gasteiger partial charge is 0.267 e.